The predicted octanol–water partition coefficient (Wildman–Crippen LogP) is -1.70. The van der Waals surface area contributed by atoms with E-state index in [9.17, 15) is 10.4 Å². The van der Waals surface area contributed by atoms with Crippen LogP contribution in [-0.4, -0.2) is 13.1 Å². The van der Waals surface area contributed by atoms with E-state index in [2.05, 4.69) is 0 Å². The highest BCUT2D eigenvalue weighted by Crippen LogP contribution is 2.28. The van der Waals surface area contributed by atoms with Gasteiger partial charge in [-0.2, -0.15) is 0 Å². The van der Waals surface area contributed by atoms with Crippen LogP contribution in [0, 0.1) is 10.4 Å². The molecule has 0 radical (unpaired) electrons. The number of nitrogens with zero attached hydrogens (tertiary/aromatic N) is 3. The first-order chi connectivity index (χ1) is 7.54. The van der Waals surface area contributed by atoms with Crippen molar-refractivity contribution in [3.8, 4) is 0 Å². The van der Waals surface area contributed by atoms with E-state index in [1.165, 1.54) is 0 Å². The summed E-state index contributed by atoms with van der Waals surface area (Å²) in [6, 6.07) is 0. The highest BCUT2D eigenvalue weighted by Gasteiger charge is 2.30. The molecule has 0 atom stereocenters. The first kappa shape index (κ1) is 10.4. The summed E-state index contributed by atoms with van der Waals surface area (Å²) in [4.78, 5) is 1.90. The summed E-state index contributed by atoms with van der Waals surface area (Å²) in [6.45, 7) is 1.38. The number of nitrogens with two attached hydrogens (primary N) is 3. The maximum Gasteiger partial charge on any atom is 0.343 e. The Kier molecular flexibility index (Phi) is 2.26. The number of anilines is 4. The number of nitrogen functional groups attached to an aromatic ring is 3. The lowest BCUT2D eigenvalue weighted by Crippen LogP contribution is -2.64. The lowest BCUT2D eigenvalue weighted by Gasteiger charge is -2.20. The summed E-state index contributed by atoms with van der Waals surface area (Å²) in [5, 5.41) is 23.1. The topological polar surface area (TPSA) is 135 Å². The third-order valence-electron chi connectivity index (χ3n) is 2.76. The second kappa shape index (κ2) is 3.47. The van der Waals surface area contributed by atoms with Gasteiger partial charge in [0.25, 0.3) is 0 Å². The Morgan fingerprint density at radius 1 is 0.938 bits per heavy atom. The molecule has 2 rings (SSSR count). The fourth-order valence-electron chi connectivity index (χ4n) is 1.87. The van der Waals surface area contributed by atoms with Gasteiger partial charge >= 0.3 is 11.6 Å². The molecule has 8 heteroatoms. The van der Waals surface area contributed by atoms with Crippen LogP contribution < -0.4 is 31.8 Å². The zero-order chi connectivity index (χ0) is 11.9. The maximum absolute atomic E-state index is 11.7. The molecule has 0 saturated carbocycles. The maximum atomic E-state index is 11.7. The fraction of sp³-hybridized carbons (Fsp3) is 0.500. The Hall–Kier alpha value is -2.12. The molecule has 1 aliphatic rings. The lowest BCUT2D eigenvalue weighted by atomic mass is 10.3. The van der Waals surface area contributed by atoms with Crippen LogP contribution in [0.2, 0.25) is 0 Å². The average Bonchev–Trinajstić information content (AvgIpc) is 2.77. The number of hydrogen-bond acceptors (Lipinski definition) is 6. The quantitative estimate of drug-likeness (QED) is 0.386. The van der Waals surface area contributed by atoms with Crippen molar-refractivity contribution in [2.45, 2.75) is 12.8 Å². The zero-order valence-electron chi connectivity index (χ0n) is 8.72. The minimum Gasteiger partial charge on any atom is -0.675 e. The van der Waals surface area contributed by atoms with Crippen LogP contribution in [0.25, 0.3) is 0 Å². The average molecular weight is 226 g/mol. The minimum absolute atomic E-state index is 0.0132. The summed E-state index contributed by atoms with van der Waals surface area (Å²) in [5.74, 6) is -0.269. The van der Waals surface area contributed by atoms with Crippen LogP contribution >= 0.6 is 0 Å². The van der Waals surface area contributed by atoms with Crippen molar-refractivity contribution in [2.24, 2.45) is 0 Å². The van der Waals surface area contributed by atoms with E-state index in [-0.39, 0.29) is 32.7 Å². The molecule has 8 nitrogen and oxygen atoms in total. The first-order valence-electron chi connectivity index (χ1n) is 4.98. The third-order valence-corrected chi connectivity index (χ3v) is 2.76. The van der Waals surface area contributed by atoms with Crippen LogP contribution in [-0.2, 0) is 0 Å². The van der Waals surface area contributed by atoms with E-state index in [1.54, 1.807) is 4.90 Å². The molecule has 0 aromatic carbocycles. The monoisotopic (exact) mass is 226 g/mol. The van der Waals surface area contributed by atoms with Gasteiger partial charge in [0.2, 0.25) is 0 Å². The Morgan fingerprint density at radius 3 is 2.06 bits per heavy atom. The molecular weight excluding hydrogens is 212 g/mol. The van der Waals surface area contributed by atoms with E-state index >= 15 is 0 Å². The molecule has 2 heterocycles. The summed E-state index contributed by atoms with van der Waals surface area (Å²) < 4.78 is 0. The Balaban J connectivity index is 2.59. The van der Waals surface area contributed by atoms with Crippen molar-refractivity contribution in [3.05, 3.63) is 10.4 Å². The fourth-order valence-corrected chi connectivity index (χ4v) is 1.87. The summed E-state index contributed by atoms with van der Waals surface area (Å²) in [5.41, 5.74) is 16.7. The Bertz CT molecular complexity index is 400. The zero-order valence-corrected chi connectivity index (χ0v) is 8.72. The van der Waals surface area contributed by atoms with Crippen molar-refractivity contribution >= 4 is 23.0 Å². The molecule has 1 aromatic rings. The van der Waals surface area contributed by atoms with E-state index in [1.807, 2.05) is 0 Å². The van der Waals surface area contributed by atoms with E-state index in [0.717, 1.165) is 12.8 Å². The summed E-state index contributed by atoms with van der Waals surface area (Å²) in [7, 11) is 0. The lowest BCUT2D eigenvalue weighted by molar-refractivity contribution is -1.17. The third kappa shape index (κ3) is 1.30. The van der Waals surface area contributed by atoms with Gasteiger partial charge in [-0.05, 0) is 12.8 Å². The molecule has 0 amide bonds. The number of hydrogen-bond donors (Lipinski definition) is 3. The highest BCUT2D eigenvalue weighted by atomic mass is 16.6. The molecule has 0 bridgehead atoms. The minimum atomic E-state index is -0.365. The molecule has 88 valence electrons. The van der Waals surface area contributed by atoms with Crippen LogP contribution in [0.4, 0.5) is 23.0 Å². The molecule has 16 heavy (non-hydrogen) atoms. The standard InChI is InChI=1S/C8H14N6O2/c9-5-6(10)8(12-3-1-2-4-12)14(16)13(15)7(5)11/h1-4,9-11H2. The smallest absolute Gasteiger partial charge is 0.343 e. The van der Waals surface area contributed by atoms with Crippen molar-refractivity contribution in [1.29, 1.82) is 0 Å². The largest absolute Gasteiger partial charge is 0.675 e. The van der Waals surface area contributed by atoms with Crippen molar-refractivity contribution in [3.63, 3.8) is 0 Å². The van der Waals surface area contributed by atoms with Crippen molar-refractivity contribution in [1.82, 2.24) is 0 Å². The number of rotatable bonds is 1. The van der Waals surface area contributed by atoms with Crippen molar-refractivity contribution in [2.75, 3.05) is 35.2 Å². The molecule has 1 fully saturated rings. The Labute approximate surface area is 92.0 Å². The van der Waals surface area contributed by atoms with Crippen molar-refractivity contribution < 1.29 is 9.69 Å². The molecule has 0 spiro atoms. The second-order valence-electron chi connectivity index (χ2n) is 3.78. The van der Waals surface area contributed by atoms with Gasteiger partial charge in [-0.1, -0.05) is 9.69 Å². The van der Waals surface area contributed by atoms with Gasteiger partial charge in [-0.15, -0.1) is 0 Å². The SMILES string of the molecule is Nc1c(N)c(N2CCCC2)[n+]([O-])[n+]([O-])c1N. The van der Waals surface area contributed by atoms with Gasteiger partial charge in [-0.25, -0.2) is 0 Å². The first-order valence-corrected chi connectivity index (χ1v) is 4.98. The van der Waals surface area contributed by atoms with Crippen LogP contribution in [0.5, 0.6) is 0 Å². The van der Waals surface area contributed by atoms with Crippen LogP contribution in [0.15, 0.2) is 0 Å². The van der Waals surface area contributed by atoms with Gasteiger partial charge in [0.1, 0.15) is 0 Å². The predicted molar refractivity (Wildman–Crippen MR) is 59.0 cm³/mol. The van der Waals surface area contributed by atoms with E-state index in [0.29, 0.717) is 13.1 Å². The molecule has 1 aliphatic heterocycles. The molecule has 6 N–H and O–H groups in total. The van der Waals surface area contributed by atoms with Gasteiger partial charge in [0.05, 0.1) is 13.1 Å². The second-order valence-corrected chi connectivity index (χ2v) is 3.78. The normalized spacial score (nSPS) is 15.6. The molecular formula is C8H14N6O2. The summed E-state index contributed by atoms with van der Waals surface area (Å²) in [6.07, 6.45) is 1.92. The molecule has 1 aromatic heterocycles. The van der Waals surface area contributed by atoms with Gasteiger partial charge in [0, 0.05) is 0 Å². The van der Waals surface area contributed by atoms with Gasteiger partial charge in [0.15, 0.2) is 11.4 Å². The highest BCUT2D eigenvalue weighted by molar-refractivity contribution is 5.79. The Morgan fingerprint density at radius 2 is 1.50 bits per heavy atom. The molecule has 1 saturated heterocycles. The summed E-state index contributed by atoms with van der Waals surface area (Å²) >= 11 is 0. The van der Waals surface area contributed by atoms with E-state index in [4.69, 9.17) is 17.2 Å². The molecule has 0 unspecified atom stereocenters. The van der Waals surface area contributed by atoms with Crippen LogP contribution in [0.3, 0.4) is 0 Å². The van der Waals surface area contributed by atoms with Gasteiger partial charge < -0.3 is 21.9 Å². The van der Waals surface area contributed by atoms with Gasteiger partial charge in [-0.3, -0.25) is 10.6 Å². The molecule has 0 aliphatic carbocycles. The van der Waals surface area contributed by atoms with Crippen LogP contribution in [0.1, 0.15) is 12.8 Å². The number of aromatic nitrogens is 2. The van der Waals surface area contributed by atoms with E-state index < -0.39 is 0 Å².